The van der Waals surface area contributed by atoms with Gasteiger partial charge in [-0.3, -0.25) is 10.1 Å². The van der Waals surface area contributed by atoms with Gasteiger partial charge in [-0.2, -0.15) is 11.8 Å². The van der Waals surface area contributed by atoms with Gasteiger partial charge in [0.05, 0.1) is 11.5 Å². The van der Waals surface area contributed by atoms with E-state index in [1.54, 1.807) is 13.2 Å². The third-order valence-corrected chi connectivity index (χ3v) is 5.79. The Kier molecular flexibility index (Phi) is 6.41. The minimum absolute atomic E-state index is 0.0750. The predicted molar refractivity (Wildman–Crippen MR) is 82.3 cm³/mol. The summed E-state index contributed by atoms with van der Waals surface area (Å²) in [7, 11) is -4.09. The summed E-state index contributed by atoms with van der Waals surface area (Å²) < 4.78 is 26.9. The molecule has 2 N–H and O–H groups in total. The standard InChI is InChI=1S/C11H15ClN2O5S2/c1-7(10(6-15)20-2)13-21(18,19)11-4-3-8(12)5-9(11)14(16)17/h3-5,7,10,13,15H,6H2,1-2H3. The number of thioether (sulfide) groups is 1. The second-order valence-corrected chi connectivity index (χ2v) is 7.43. The second-order valence-electron chi connectivity index (χ2n) is 4.24. The normalized spacial score (nSPS) is 14.7. The molecule has 0 saturated carbocycles. The fourth-order valence-electron chi connectivity index (χ4n) is 1.68. The highest BCUT2D eigenvalue weighted by molar-refractivity contribution is 7.99. The van der Waals surface area contributed by atoms with Crippen LogP contribution in [0.5, 0.6) is 0 Å². The van der Waals surface area contributed by atoms with Gasteiger partial charge in [-0.15, -0.1) is 0 Å². The first-order chi connectivity index (χ1) is 9.72. The van der Waals surface area contributed by atoms with Crippen LogP contribution >= 0.6 is 23.4 Å². The van der Waals surface area contributed by atoms with E-state index in [4.69, 9.17) is 16.7 Å². The lowest BCUT2D eigenvalue weighted by Gasteiger charge is -2.21. The molecule has 0 aliphatic carbocycles. The molecule has 2 unspecified atom stereocenters. The van der Waals surface area contributed by atoms with Gasteiger partial charge in [0.15, 0.2) is 4.90 Å². The largest absolute Gasteiger partial charge is 0.395 e. The number of hydrogen-bond donors (Lipinski definition) is 2. The van der Waals surface area contributed by atoms with Crippen LogP contribution in [0, 0.1) is 10.1 Å². The monoisotopic (exact) mass is 354 g/mol. The zero-order valence-electron chi connectivity index (χ0n) is 11.3. The SMILES string of the molecule is CSC(CO)C(C)NS(=O)(=O)c1ccc(Cl)cc1[N+](=O)[O-]. The van der Waals surface area contributed by atoms with E-state index in [9.17, 15) is 18.5 Å². The molecule has 0 amide bonds. The molecule has 0 bridgehead atoms. The van der Waals surface area contributed by atoms with Crippen molar-refractivity contribution in [1.29, 1.82) is 0 Å². The van der Waals surface area contributed by atoms with Gasteiger partial charge < -0.3 is 5.11 Å². The van der Waals surface area contributed by atoms with E-state index in [-0.39, 0.29) is 16.9 Å². The summed E-state index contributed by atoms with van der Waals surface area (Å²) >= 11 is 6.95. The van der Waals surface area contributed by atoms with Gasteiger partial charge >= 0.3 is 0 Å². The van der Waals surface area contributed by atoms with Gasteiger partial charge in [0.25, 0.3) is 5.69 Å². The van der Waals surface area contributed by atoms with Gasteiger partial charge in [0, 0.05) is 22.4 Å². The highest BCUT2D eigenvalue weighted by atomic mass is 35.5. The Morgan fingerprint density at radius 1 is 1.52 bits per heavy atom. The van der Waals surface area contributed by atoms with Crippen molar-refractivity contribution in [3.05, 3.63) is 33.3 Å². The fourth-order valence-corrected chi connectivity index (χ4v) is 4.00. The number of nitrogens with one attached hydrogen (secondary N) is 1. The number of nitrogens with zero attached hydrogens (tertiary/aromatic N) is 1. The van der Waals surface area contributed by atoms with E-state index < -0.39 is 31.6 Å². The number of benzene rings is 1. The molecule has 0 spiro atoms. The molecule has 1 aromatic rings. The van der Waals surface area contributed by atoms with Gasteiger partial charge in [-0.25, -0.2) is 13.1 Å². The van der Waals surface area contributed by atoms with Crippen LogP contribution in [0.1, 0.15) is 6.92 Å². The molecule has 0 fully saturated rings. The first-order valence-corrected chi connectivity index (χ1v) is 8.97. The Hall–Kier alpha value is -0.870. The van der Waals surface area contributed by atoms with Crippen molar-refractivity contribution in [2.45, 2.75) is 23.1 Å². The zero-order valence-corrected chi connectivity index (χ0v) is 13.7. The Balaban J connectivity index is 3.17. The lowest BCUT2D eigenvalue weighted by molar-refractivity contribution is -0.387. The molecule has 1 aromatic carbocycles. The first kappa shape index (κ1) is 18.2. The molecule has 0 saturated heterocycles. The summed E-state index contributed by atoms with van der Waals surface area (Å²) in [6.07, 6.45) is 1.73. The predicted octanol–water partition coefficient (Wildman–Crippen LogP) is 1.64. The lowest BCUT2D eigenvalue weighted by Crippen LogP contribution is -2.41. The molecule has 21 heavy (non-hydrogen) atoms. The van der Waals surface area contributed by atoms with Crippen LogP contribution in [0.3, 0.4) is 0 Å². The maximum Gasteiger partial charge on any atom is 0.290 e. The summed E-state index contributed by atoms with van der Waals surface area (Å²) in [5.41, 5.74) is -0.591. The van der Waals surface area contributed by atoms with Crippen LogP contribution in [0.25, 0.3) is 0 Å². The molecular formula is C11H15ClN2O5S2. The Morgan fingerprint density at radius 3 is 2.62 bits per heavy atom. The topological polar surface area (TPSA) is 110 Å². The Morgan fingerprint density at radius 2 is 2.14 bits per heavy atom. The average Bonchev–Trinajstić information content (AvgIpc) is 2.38. The molecule has 7 nitrogen and oxygen atoms in total. The first-order valence-electron chi connectivity index (χ1n) is 5.83. The van der Waals surface area contributed by atoms with Crippen molar-refractivity contribution < 1.29 is 18.4 Å². The van der Waals surface area contributed by atoms with Crippen molar-refractivity contribution >= 4 is 39.1 Å². The van der Waals surface area contributed by atoms with Gasteiger partial charge in [-0.05, 0) is 25.3 Å². The number of aliphatic hydroxyl groups excluding tert-OH is 1. The summed E-state index contributed by atoms with van der Waals surface area (Å²) in [5, 5.41) is 19.8. The van der Waals surface area contributed by atoms with Crippen LogP contribution in [-0.4, -0.2) is 42.6 Å². The molecule has 0 aliphatic heterocycles. The lowest BCUT2D eigenvalue weighted by atomic mass is 10.3. The molecule has 1 rings (SSSR count). The van der Waals surface area contributed by atoms with Crippen LogP contribution in [0.15, 0.2) is 23.1 Å². The van der Waals surface area contributed by atoms with Gasteiger partial charge in [0.2, 0.25) is 10.0 Å². The molecule has 0 heterocycles. The maximum absolute atomic E-state index is 12.3. The van der Waals surface area contributed by atoms with Gasteiger partial charge in [0.1, 0.15) is 0 Å². The minimum atomic E-state index is -4.09. The molecule has 2 atom stereocenters. The molecular weight excluding hydrogens is 340 g/mol. The van der Waals surface area contributed by atoms with Crippen molar-refractivity contribution in [1.82, 2.24) is 4.72 Å². The molecule has 0 aromatic heterocycles. The smallest absolute Gasteiger partial charge is 0.290 e. The van der Waals surface area contributed by atoms with Crippen LogP contribution < -0.4 is 4.72 Å². The van der Waals surface area contributed by atoms with Crippen LogP contribution in [0.4, 0.5) is 5.69 Å². The molecule has 118 valence electrons. The van der Waals surface area contributed by atoms with E-state index >= 15 is 0 Å². The van der Waals surface area contributed by atoms with Crippen LogP contribution in [-0.2, 0) is 10.0 Å². The Bertz CT molecular complexity index is 619. The number of nitro benzene ring substituents is 1. The highest BCUT2D eigenvalue weighted by Gasteiger charge is 2.29. The number of hydrogen-bond acceptors (Lipinski definition) is 6. The van der Waals surface area contributed by atoms with E-state index in [0.29, 0.717) is 0 Å². The number of sulfonamides is 1. The van der Waals surface area contributed by atoms with Crippen LogP contribution in [0.2, 0.25) is 5.02 Å². The van der Waals surface area contributed by atoms with Gasteiger partial charge in [-0.1, -0.05) is 11.6 Å². The third-order valence-electron chi connectivity index (χ3n) is 2.79. The minimum Gasteiger partial charge on any atom is -0.395 e. The average molecular weight is 355 g/mol. The number of rotatable bonds is 7. The quantitative estimate of drug-likeness (QED) is 0.569. The van der Waals surface area contributed by atoms with Crippen molar-refractivity contribution in [2.75, 3.05) is 12.9 Å². The molecule has 0 aliphatic rings. The number of halogens is 1. The summed E-state index contributed by atoms with van der Waals surface area (Å²) in [4.78, 5) is 9.70. The van der Waals surface area contributed by atoms with E-state index in [2.05, 4.69) is 4.72 Å². The molecule has 10 heteroatoms. The highest BCUT2D eigenvalue weighted by Crippen LogP contribution is 2.27. The van der Waals surface area contributed by atoms with E-state index in [1.165, 1.54) is 17.8 Å². The van der Waals surface area contributed by atoms with Crippen molar-refractivity contribution in [3.8, 4) is 0 Å². The maximum atomic E-state index is 12.3. The van der Waals surface area contributed by atoms with E-state index in [1.807, 2.05) is 0 Å². The van der Waals surface area contributed by atoms with E-state index in [0.717, 1.165) is 12.1 Å². The second kappa shape index (κ2) is 7.41. The number of nitro groups is 1. The third kappa shape index (κ3) is 4.55. The number of aliphatic hydroxyl groups is 1. The summed E-state index contributed by atoms with van der Waals surface area (Å²) in [6.45, 7) is 1.37. The molecule has 0 radical (unpaired) electrons. The van der Waals surface area contributed by atoms with Crippen molar-refractivity contribution in [3.63, 3.8) is 0 Å². The summed E-state index contributed by atoms with van der Waals surface area (Å²) in [6, 6.07) is 2.75. The fraction of sp³-hybridized carbons (Fsp3) is 0.455. The summed E-state index contributed by atoms with van der Waals surface area (Å²) in [5.74, 6) is 0. The van der Waals surface area contributed by atoms with Crippen molar-refractivity contribution in [2.24, 2.45) is 0 Å². The Labute approximate surface area is 131 Å². The zero-order chi connectivity index (χ0) is 16.2.